The van der Waals surface area contributed by atoms with Crippen molar-refractivity contribution in [3.05, 3.63) is 102 Å². The number of hydrogen-bond donors (Lipinski definition) is 3. The number of hydrogen-bond acceptors (Lipinski definition) is 10. The molecule has 3 aromatic carbocycles. The number of nitrogens with zero attached hydrogens (tertiary/aromatic N) is 3. The minimum absolute atomic E-state index is 0.00507. The molecule has 4 aromatic rings. The maximum absolute atomic E-state index is 13.6. The minimum atomic E-state index is -1.18. The van der Waals surface area contributed by atoms with Gasteiger partial charge in [0.05, 0.1) is 38.1 Å². The van der Waals surface area contributed by atoms with E-state index >= 15 is 0 Å². The number of ether oxygens (including phenoxy) is 4. The Morgan fingerprint density at radius 3 is 2.25 bits per heavy atom. The van der Waals surface area contributed by atoms with Gasteiger partial charge in [0, 0.05) is 31.7 Å². The lowest BCUT2D eigenvalue weighted by Gasteiger charge is -2.30. The Balaban J connectivity index is 1.06. The second kappa shape index (κ2) is 20.5. The van der Waals surface area contributed by atoms with Crippen LogP contribution in [0.5, 0.6) is 0 Å². The molecule has 6 rings (SSSR count). The third-order valence-corrected chi connectivity index (χ3v) is 11.0. The average molecular weight is 837 g/mol. The van der Waals surface area contributed by atoms with Gasteiger partial charge in [-0.05, 0) is 54.4 Å². The summed E-state index contributed by atoms with van der Waals surface area (Å²) in [4.78, 5) is 77.0. The van der Waals surface area contributed by atoms with Gasteiger partial charge in [-0.1, -0.05) is 99.6 Å². The number of carbonyl (C=O) groups excluding carboxylic acids is 5. The Morgan fingerprint density at radius 1 is 0.902 bits per heavy atom. The molecule has 15 heteroatoms. The number of likely N-dealkylation sites (tertiary alicyclic amines) is 2. The highest BCUT2D eigenvalue weighted by Gasteiger charge is 2.51. The Labute approximate surface area is 356 Å². The van der Waals surface area contributed by atoms with Gasteiger partial charge in [0.1, 0.15) is 24.5 Å². The lowest BCUT2D eigenvalue weighted by molar-refractivity contribution is -0.225. The lowest BCUT2D eigenvalue weighted by Crippen LogP contribution is -2.51. The number of benzene rings is 3. The van der Waals surface area contributed by atoms with Crippen LogP contribution >= 0.6 is 0 Å². The van der Waals surface area contributed by atoms with Crippen LogP contribution in [0.2, 0.25) is 0 Å². The third kappa shape index (κ3) is 10.8. The van der Waals surface area contributed by atoms with Gasteiger partial charge in [0.2, 0.25) is 11.8 Å². The van der Waals surface area contributed by atoms with E-state index in [2.05, 4.69) is 20.6 Å². The number of imidazole rings is 1. The molecule has 15 nitrogen and oxygen atoms in total. The molecule has 61 heavy (non-hydrogen) atoms. The van der Waals surface area contributed by atoms with Crippen LogP contribution in [0.15, 0.2) is 85.1 Å². The number of nitrogens with one attached hydrogen (secondary N) is 3. The van der Waals surface area contributed by atoms with Gasteiger partial charge in [0.25, 0.3) is 0 Å². The molecule has 2 aliphatic rings. The van der Waals surface area contributed by atoms with E-state index in [1.165, 1.54) is 12.0 Å². The van der Waals surface area contributed by atoms with Crippen molar-refractivity contribution in [3.63, 3.8) is 0 Å². The van der Waals surface area contributed by atoms with Crippen molar-refractivity contribution in [1.82, 2.24) is 30.4 Å². The van der Waals surface area contributed by atoms with Crippen molar-refractivity contribution < 1.29 is 42.9 Å². The summed E-state index contributed by atoms with van der Waals surface area (Å²) < 4.78 is 22.4. The van der Waals surface area contributed by atoms with Gasteiger partial charge < -0.3 is 39.5 Å². The lowest BCUT2D eigenvalue weighted by atomic mass is 10.0. The van der Waals surface area contributed by atoms with Crippen molar-refractivity contribution in [2.45, 2.75) is 83.9 Å². The molecule has 0 bridgehead atoms. The molecule has 2 aliphatic heterocycles. The molecule has 1 aromatic heterocycles. The highest BCUT2D eigenvalue weighted by molar-refractivity contribution is 6.00. The Kier molecular flexibility index (Phi) is 14.9. The average Bonchev–Trinajstić information content (AvgIpc) is 4.06. The molecule has 0 saturated carbocycles. The topological polar surface area (TPSA) is 181 Å². The van der Waals surface area contributed by atoms with Crippen LogP contribution in [0.1, 0.15) is 81.2 Å². The predicted molar refractivity (Wildman–Crippen MR) is 227 cm³/mol. The van der Waals surface area contributed by atoms with Gasteiger partial charge >= 0.3 is 12.2 Å². The van der Waals surface area contributed by atoms with E-state index in [1.807, 2.05) is 94.4 Å². The summed E-state index contributed by atoms with van der Waals surface area (Å²) in [5.41, 5.74) is 4.78. The van der Waals surface area contributed by atoms with E-state index in [0.717, 1.165) is 47.2 Å². The molecule has 2 fully saturated rings. The number of ketones is 1. The van der Waals surface area contributed by atoms with Crippen molar-refractivity contribution in [2.24, 2.45) is 5.92 Å². The maximum atomic E-state index is 13.6. The van der Waals surface area contributed by atoms with Gasteiger partial charge in [-0.15, -0.1) is 0 Å². The minimum Gasteiger partial charge on any atom is -0.453 e. The van der Waals surface area contributed by atoms with E-state index in [4.69, 9.17) is 18.9 Å². The van der Waals surface area contributed by atoms with E-state index in [0.29, 0.717) is 31.1 Å². The fraction of sp³-hybridized carbons (Fsp3) is 0.435. The second-order valence-electron chi connectivity index (χ2n) is 15.6. The summed E-state index contributed by atoms with van der Waals surface area (Å²) in [6.45, 7) is 8.60. The zero-order valence-corrected chi connectivity index (χ0v) is 35.5. The van der Waals surface area contributed by atoms with E-state index in [1.54, 1.807) is 23.2 Å². The van der Waals surface area contributed by atoms with Gasteiger partial charge in [-0.2, -0.15) is 0 Å². The van der Waals surface area contributed by atoms with Crippen LogP contribution in [0, 0.1) is 5.92 Å². The maximum Gasteiger partial charge on any atom is 0.410 e. The summed E-state index contributed by atoms with van der Waals surface area (Å²) in [7, 11) is 1.27. The quantitative estimate of drug-likeness (QED) is 0.0769. The summed E-state index contributed by atoms with van der Waals surface area (Å²) in [6, 6.07) is 22.4. The number of carbonyl (C=O) groups is 5. The summed E-state index contributed by atoms with van der Waals surface area (Å²) >= 11 is 0. The number of Topliss-reactive ketones (excluding diaryl/α,β-unsaturated/α-hetero) is 1. The molecule has 0 aliphatic carbocycles. The zero-order valence-electron chi connectivity index (χ0n) is 35.5. The van der Waals surface area contributed by atoms with Crippen molar-refractivity contribution in [3.8, 4) is 22.4 Å². The molecule has 2 saturated heterocycles. The summed E-state index contributed by atoms with van der Waals surface area (Å²) in [5, 5.41) is 5.41. The largest absolute Gasteiger partial charge is 0.453 e. The van der Waals surface area contributed by atoms with Crippen LogP contribution in [0.25, 0.3) is 22.4 Å². The first-order valence-electron chi connectivity index (χ1n) is 20.9. The molecule has 4 amide bonds. The number of amides is 4. The number of H-pyrrole nitrogens is 1. The molecule has 3 N–H and O–H groups in total. The third-order valence-electron chi connectivity index (χ3n) is 11.0. The van der Waals surface area contributed by atoms with Crippen LogP contribution in [0.4, 0.5) is 9.59 Å². The van der Waals surface area contributed by atoms with E-state index < -0.39 is 36.0 Å². The molecule has 3 heterocycles. The molecule has 0 radical (unpaired) electrons. The molecule has 2 unspecified atom stereocenters. The van der Waals surface area contributed by atoms with Crippen molar-refractivity contribution in [2.75, 3.05) is 40.0 Å². The highest BCUT2D eigenvalue weighted by Crippen LogP contribution is 2.35. The molecular weight excluding hydrogens is 781 g/mol. The normalized spacial score (nSPS) is 19.1. The summed E-state index contributed by atoms with van der Waals surface area (Å²) in [5.74, 6) is -1.59. The molecule has 0 spiro atoms. The van der Waals surface area contributed by atoms with E-state index in [9.17, 15) is 24.0 Å². The first kappa shape index (κ1) is 44.5. The fourth-order valence-electron chi connectivity index (χ4n) is 7.79. The fourth-order valence-corrected chi connectivity index (χ4v) is 7.79. The highest BCUT2D eigenvalue weighted by atomic mass is 16.7. The zero-order chi connectivity index (χ0) is 43.5. The predicted octanol–water partition coefficient (Wildman–Crippen LogP) is 6.66. The number of methoxy groups -OCH3 is 1. The van der Waals surface area contributed by atoms with E-state index in [-0.39, 0.29) is 49.8 Å². The second-order valence-corrected chi connectivity index (χ2v) is 15.6. The molecular formula is C46H56N6O9. The van der Waals surface area contributed by atoms with Crippen LogP contribution in [-0.2, 0) is 35.1 Å². The first-order chi connectivity index (χ1) is 29.4. The molecule has 324 valence electrons. The SMILES string of the molecule is CCCOC1(OCC)C[C@@H](C(=O)NCC(=O)c2ccc(-c3ccc(-c4cnc(C5CCCN5C(=O)[C@@H](NC(=O)OC)C(C)C)[nH]4)cc3)cc2)N(C(=O)OCc2ccccc2)C1. The van der Waals surface area contributed by atoms with Crippen LogP contribution in [-0.4, -0.2) is 107 Å². The van der Waals surface area contributed by atoms with Crippen LogP contribution in [0.3, 0.4) is 0 Å². The van der Waals surface area contributed by atoms with Crippen LogP contribution < -0.4 is 10.6 Å². The summed E-state index contributed by atoms with van der Waals surface area (Å²) in [6.07, 6.45) is 2.82. The Bertz CT molecular complexity index is 2120. The van der Waals surface area contributed by atoms with Gasteiger partial charge in [-0.25, -0.2) is 14.6 Å². The Hall–Kier alpha value is -6.06. The van der Waals surface area contributed by atoms with Gasteiger partial charge in [-0.3, -0.25) is 19.3 Å². The molecule has 4 atom stereocenters. The number of aromatic nitrogens is 2. The van der Waals surface area contributed by atoms with Crippen molar-refractivity contribution in [1.29, 1.82) is 0 Å². The smallest absolute Gasteiger partial charge is 0.410 e. The van der Waals surface area contributed by atoms with Gasteiger partial charge in [0.15, 0.2) is 11.6 Å². The number of aromatic amines is 1. The number of alkyl carbamates (subject to hydrolysis) is 1. The van der Waals surface area contributed by atoms with Crippen molar-refractivity contribution >= 4 is 29.8 Å². The monoisotopic (exact) mass is 836 g/mol. The standard InChI is InChI=1S/C46H56N6O9/c1-6-24-61-46(60-7-2)25-38(52(29-46)45(57)59-28-31-12-9-8-10-13-31)42(54)48-27-39(53)35-21-17-33(18-22-35)32-15-19-34(20-16-32)36-26-47-41(49-36)37-14-11-23-51(37)43(55)40(30(3)4)50-44(56)58-5/h8-10,12-13,15-22,26,30,37-38,40H,6-7,11,14,23-25,27-29H2,1-5H3,(H,47,49)(H,48,54)(H,50,56)/t37?,38-,40-,46?/m0/s1. The number of rotatable bonds is 17. The Morgan fingerprint density at radius 2 is 1.59 bits per heavy atom. The first-order valence-corrected chi connectivity index (χ1v) is 20.9.